The van der Waals surface area contributed by atoms with Crippen LogP contribution in [-0.2, 0) is 6.42 Å². The van der Waals surface area contributed by atoms with Gasteiger partial charge in [-0.05, 0) is 24.1 Å². The Hall–Kier alpha value is -2.89. The number of anilines is 1. The Bertz CT molecular complexity index is 638. The topological polar surface area (TPSA) is 90.8 Å². The van der Waals surface area contributed by atoms with E-state index in [2.05, 4.69) is 10.6 Å². The molecule has 0 saturated carbocycles. The van der Waals surface area contributed by atoms with Crippen molar-refractivity contribution in [2.75, 3.05) is 19.0 Å². The SMILES string of the molecule is COc1cccc(CCNC(=O)Nc2cc(O)cc(O)c2)c1. The van der Waals surface area contributed by atoms with Gasteiger partial charge in [0, 0.05) is 30.4 Å². The third-order valence-electron chi connectivity index (χ3n) is 2.99. The Morgan fingerprint density at radius 2 is 1.86 bits per heavy atom. The molecule has 116 valence electrons. The van der Waals surface area contributed by atoms with Gasteiger partial charge in [0.05, 0.1) is 7.11 Å². The lowest BCUT2D eigenvalue weighted by molar-refractivity contribution is 0.252. The average Bonchev–Trinajstić information content (AvgIpc) is 2.46. The van der Waals surface area contributed by atoms with E-state index >= 15 is 0 Å². The highest BCUT2D eigenvalue weighted by atomic mass is 16.5. The minimum atomic E-state index is -0.409. The zero-order valence-electron chi connectivity index (χ0n) is 12.2. The summed E-state index contributed by atoms with van der Waals surface area (Å²) in [6.45, 7) is 0.448. The van der Waals surface area contributed by atoms with Crippen LogP contribution in [0.1, 0.15) is 5.56 Å². The number of hydrogen-bond donors (Lipinski definition) is 4. The number of urea groups is 1. The fourth-order valence-electron chi connectivity index (χ4n) is 1.99. The summed E-state index contributed by atoms with van der Waals surface area (Å²) in [7, 11) is 1.61. The molecular formula is C16H18N2O4. The van der Waals surface area contributed by atoms with Gasteiger partial charge < -0.3 is 25.6 Å². The zero-order chi connectivity index (χ0) is 15.9. The number of nitrogens with one attached hydrogen (secondary N) is 2. The van der Waals surface area contributed by atoms with Crippen LogP contribution in [0.5, 0.6) is 17.2 Å². The van der Waals surface area contributed by atoms with Crippen molar-refractivity contribution in [1.82, 2.24) is 5.32 Å². The summed E-state index contributed by atoms with van der Waals surface area (Å²) in [4.78, 5) is 11.7. The predicted molar refractivity (Wildman–Crippen MR) is 83.5 cm³/mol. The number of methoxy groups -OCH3 is 1. The standard InChI is InChI=1S/C16H18N2O4/c1-22-15-4-2-3-11(7-15)5-6-17-16(21)18-12-8-13(19)10-14(20)9-12/h2-4,7-10,19-20H,5-6H2,1H3,(H2,17,18,21). The van der Waals surface area contributed by atoms with Gasteiger partial charge in [0.2, 0.25) is 0 Å². The maximum absolute atomic E-state index is 11.7. The van der Waals surface area contributed by atoms with Gasteiger partial charge in [-0.1, -0.05) is 12.1 Å². The molecule has 2 amide bonds. The Morgan fingerprint density at radius 3 is 2.55 bits per heavy atom. The molecule has 0 aliphatic heterocycles. The number of benzene rings is 2. The lowest BCUT2D eigenvalue weighted by Crippen LogP contribution is -2.30. The summed E-state index contributed by atoms with van der Waals surface area (Å²) >= 11 is 0. The molecule has 2 aromatic rings. The maximum atomic E-state index is 11.7. The molecule has 0 aromatic heterocycles. The minimum Gasteiger partial charge on any atom is -0.508 e. The molecule has 0 aliphatic rings. The molecule has 0 heterocycles. The summed E-state index contributed by atoms with van der Waals surface area (Å²) in [6, 6.07) is 11.1. The van der Waals surface area contributed by atoms with Crippen molar-refractivity contribution in [2.24, 2.45) is 0 Å². The molecule has 22 heavy (non-hydrogen) atoms. The number of carbonyl (C=O) groups is 1. The van der Waals surface area contributed by atoms with Crippen LogP contribution in [0.3, 0.4) is 0 Å². The maximum Gasteiger partial charge on any atom is 0.319 e. The average molecular weight is 302 g/mol. The first-order valence-electron chi connectivity index (χ1n) is 6.77. The van der Waals surface area contributed by atoms with E-state index < -0.39 is 6.03 Å². The summed E-state index contributed by atoms with van der Waals surface area (Å²) in [5, 5.41) is 23.9. The van der Waals surface area contributed by atoms with Crippen molar-refractivity contribution >= 4 is 11.7 Å². The fraction of sp³-hybridized carbons (Fsp3) is 0.188. The molecule has 4 N–H and O–H groups in total. The van der Waals surface area contributed by atoms with Gasteiger partial charge in [0.25, 0.3) is 0 Å². The van der Waals surface area contributed by atoms with Crippen LogP contribution in [0, 0.1) is 0 Å². The monoisotopic (exact) mass is 302 g/mol. The normalized spacial score (nSPS) is 10.0. The van der Waals surface area contributed by atoms with E-state index in [1.54, 1.807) is 7.11 Å². The van der Waals surface area contributed by atoms with Crippen LogP contribution in [-0.4, -0.2) is 29.9 Å². The van der Waals surface area contributed by atoms with Crippen molar-refractivity contribution in [3.05, 3.63) is 48.0 Å². The van der Waals surface area contributed by atoms with Gasteiger partial charge >= 0.3 is 6.03 Å². The summed E-state index contributed by atoms with van der Waals surface area (Å²) in [6.07, 6.45) is 0.663. The molecule has 2 rings (SSSR count). The van der Waals surface area contributed by atoms with Crippen molar-refractivity contribution in [3.8, 4) is 17.2 Å². The number of carbonyl (C=O) groups excluding carboxylic acids is 1. The largest absolute Gasteiger partial charge is 0.508 e. The van der Waals surface area contributed by atoms with Crippen molar-refractivity contribution in [1.29, 1.82) is 0 Å². The van der Waals surface area contributed by atoms with Crippen molar-refractivity contribution < 1.29 is 19.7 Å². The van der Waals surface area contributed by atoms with E-state index in [0.29, 0.717) is 18.7 Å². The van der Waals surface area contributed by atoms with Crippen LogP contribution >= 0.6 is 0 Å². The molecule has 2 aromatic carbocycles. The second-order valence-electron chi connectivity index (χ2n) is 4.72. The van der Waals surface area contributed by atoms with Gasteiger partial charge in [-0.2, -0.15) is 0 Å². The zero-order valence-corrected chi connectivity index (χ0v) is 12.2. The van der Waals surface area contributed by atoms with Crippen LogP contribution in [0.25, 0.3) is 0 Å². The van der Waals surface area contributed by atoms with Gasteiger partial charge in [-0.25, -0.2) is 4.79 Å². The van der Waals surface area contributed by atoms with Crippen molar-refractivity contribution in [2.45, 2.75) is 6.42 Å². The highest BCUT2D eigenvalue weighted by Crippen LogP contribution is 2.23. The number of hydrogen-bond acceptors (Lipinski definition) is 4. The third-order valence-corrected chi connectivity index (χ3v) is 2.99. The van der Waals surface area contributed by atoms with Crippen LogP contribution in [0.15, 0.2) is 42.5 Å². The second-order valence-corrected chi connectivity index (χ2v) is 4.72. The van der Waals surface area contributed by atoms with E-state index in [1.165, 1.54) is 18.2 Å². The van der Waals surface area contributed by atoms with E-state index in [4.69, 9.17) is 4.74 Å². The van der Waals surface area contributed by atoms with E-state index in [1.807, 2.05) is 24.3 Å². The molecule has 6 heteroatoms. The van der Waals surface area contributed by atoms with E-state index in [9.17, 15) is 15.0 Å². The lowest BCUT2D eigenvalue weighted by Gasteiger charge is -2.09. The minimum absolute atomic E-state index is 0.119. The number of rotatable bonds is 5. The molecule has 6 nitrogen and oxygen atoms in total. The summed E-state index contributed by atoms with van der Waals surface area (Å²) < 4.78 is 5.14. The first-order chi connectivity index (χ1) is 10.6. The van der Waals surface area contributed by atoms with Gasteiger partial charge in [-0.3, -0.25) is 0 Å². The molecule has 0 spiro atoms. The van der Waals surface area contributed by atoms with Gasteiger partial charge in [0.1, 0.15) is 17.2 Å². The highest BCUT2D eigenvalue weighted by molar-refractivity contribution is 5.89. The Morgan fingerprint density at radius 1 is 1.14 bits per heavy atom. The number of phenols is 2. The van der Waals surface area contributed by atoms with Crippen LogP contribution < -0.4 is 15.4 Å². The Balaban J connectivity index is 1.82. The quantitative estimate of drug-likeness (QED) is 0.683. The number of phenolic OH excluding ortho intramolecular Hbond substituents is 2. The lowest BCUT2D eigenvalue weighted by atomic mass is 10.1. The molecule has 0 fully saturated rings. The Kier molecular flexibility index (Phi) is 5.08. The van der Waals surface area contributed by atoms with Crippen LogP contribution in [0.4, 0.5) is 10.5 Å². The molecule has 0 bridgehead atoms. The first kappa shape index (κ1) is 15.5. The third kappa shape index (κ3) is 4.59. The molecule has 0 unspecified atom stereocenters. The van der Waals surface area contributed by atoms with Crippen LogP contribution in [0.2, 0.25) is 0 Å². The Labute approximate surface area is 128 Å². The smallest absolute Gasteiger partial charge is 0.319 e. The number of amides is 2. The van der Waals surface area contributed by atoms with Crippen molar-refractivity contribution in [3.63, 3.8) is 0 Å². The van der Waals surface area contributed by atoms with Gasteiger partial charge in [-0.15, -0.1) is 0 Å². The molecule has 0 atom stereocenters. The fourth-order valence-corrected chi connectivity index (χ4v) is 1.99. The number of ether oxygens (including phenoxy) is 1. The van der Waals surface area contributed by atoms with E-state index in [-0.39, 0.29) is 11.5 Å². The first-order valence-corrected chi connectivity index (χ1v) is 6.77. The second kappa shape index (κ2) is 7.21. The molecule has 0 aliphatic carbocycles. The summed E-state index contributed by atoms with van der Waals surface area (Å²) in [5.74, 6) is 0.538. The molecular weight excluding hydrogens is 284 g/mol. The van der Waals surface area contributed by atoms with E-state index in [0.717, 1.165) is 11.3 Å². The summed E-state index contributed by atoms with van der Waals surface area (Å²) in [5.41, 5.74) is 1.37. The predicted octanol–water partition coefficient (Wildman–Crippen LogP) is 2.47. The highest BCUT2D eigenvalue weighted by Gasteiger charge is 2.04. The molecule has 0 radical (unpaired) electrons. The number of aromatic hydroxyl groups is 2. The molecule has 0 saturated heterocycles. The van der Waals surface area contributed by atoms with Gasteiger partial charge in [0.15, 0.2) is 0 Å².